The lowest BCUT2D eigenvalue weighted by Crippen LogP contribution is -2.24. The summed E-state index contributed by atoms with van der Waals surface area (Å²) in [7, 11) is 3.23. The predicted octanol–water partition coefficient (Wildman–Crippen LogP) is 4.29. The molecule has 25 heavy (non-hydrogen) atoms. The van der Waals surface area contributed by atoms with Gasteiger partial charge in [0.05, 0.1) is 19.8 Å². The molecule has 4 rings (SSSR count). The van der Waals surface area contributed by atoms with Crippen molar-refractivity contribution in [3.63, 3.8) is 0 Å². The summed E-state index contributed by atoms with van der Waals surface area (Å²) in [5, 5.41) is 1.88. The van der Waals surface area contributed by atoms with Crippen molar-refractivity contribution in [2.45, 2.75) is 12.5 Å². The van der Waals surface area contributed by atoms with Gasteiger partial charge < -0.3 is 14.2 Å². The van der Waals surface area contributed by atoms with Crippen LogP contribution in [0.5, 0.6) is 11.5 Å². The van der Waals surface area contributed by atoms with Crippen molar-refractivity contribution in [1.29, 1.82) is 0 Å². The van der Waals surface area contributed by atoms with Crippen LogP contribution in [0.1, 0.15) is 28.4 Å². The molecule has 4 heteroatoms. The van der Waals surface area contributed by atoms with E-state index in [1.165, 1.54) is 0 Å². The molecule has 3 aromatic carbocycles. The van der Waals surface area contributed by atoms with Crippen LogP contribution in [0.15, 0.2) is 54.6 Å². The lowest BCUT2D eigenvalue weighted by molar-refractivity contribution is 0.0184. The van der Waals surface area contributed by atoms with Crippen molar-refractivity contribution in [2.75, 3.05) is 14.2 Å². The number of fused-ring (bicyclic) bond motifs is 2. The van der Waals surface area contributed by atoms with Crippen molar-refractivity contribution in [3.8, 4) is 11.5 Å². The second kappa shape index (κ2) is 5.52. The third kappa shape index (κ3) is 2.10. The molecule has 0 saturated heterocycles. The quantitative estimate of drug-likeness (QED) is 0.670. The topological polar surface area (TPSA) is 44.8 Å². The van der Waals surface area contributed by atoms with Gasteiger partial charge in [-0.15, -0.1) is 0 Å². The zero-order chi connectivity index (χ0) is 17.6. The fraction of sp³-hybridized carbons (Fsp3) is 0.190. The Morgan fingerprint density at radius 1 is 0.880 bits per heavy atom. The molecule has 0 aromatic heterocycles. The molecule has 1 atom stereocenters. The first kappa shape index (κ1) is 15.5. The van der Waals surface area contributed by atoms with Gasteiger partial charge >= 0.3 is 5.97 Å². The molecule has 1 aliphatic rings. The van der Waals surface area contributed by atoms with Crippen molar-refractivity contribution >= 4 is 16.7 Å². The van der Waals surface area contributed by atoms with E-state index >= 15 is 0 Å². The second-order valence-electron chi connectivity index (χ2n) is 6.17. The lowest BCUT2D eigenvalue weighted by atomic mass is 9.84. The van der Waals surface area contributed by atoms with Gasteiger partial charge in [-0.05, 0) is 24.4 Å². The van der Waals surface area contributed by atoms with E-state index in [-0.39, 0.29) is 5.97 Å². The highest BCUT2D eigenvalue weighted by Gasteiger charge is 2.44. The molecule has 0 amide bonds. The monoisotopic (exact) mass is 334 g/mol. The van der Waals surface area contributed by atoms with Gasteiger partial charge in [-0.25, -0.2) is 4.79 Å². The molecular weight excluding hydrogens is 316 g/mol. The van der Waals surface area contributed by atoms with Crippen molar-refractivity contribution in [1.82, 2.24) is 0 Å². The molecule has 3 aromatic rings. The molecule has 1 aliphatic heterocycles. The van der Waals surface area contributed by atoms with Crippen molar-refractivity contribution in [2.24, 2.45) is 0 Å². The van der Waals surface area contributed by atoms with Gasteiger partial charge in [0.1, 0.15) is 0 Å². The van der Waals surface area contributed by atoms with Crippen LogP contribution >= 0.6 is 0 Å². The summed E-state index contributed by atoms with van der Waals surface area (Å²) in [5.74, 6) is 0.970. The van der Waals surface area contributed by atoms with E-state index in [9.17, 15) is 4.79 Å². The molecule has 0 bridgehead atoms. The van der Waals surface area contributed by atoms with E-state index in [4.69, 9.17) is 14.2 Å². The Balaban J connectivity index is 2.07. The van der Waals surface area contributed by atoms with Crippen LogP contribution in [0.3, 0.4) is 0 Å². The van der Waals surface area contributed by atoms with E-state index in [1.54, 1.807) is 20.3 Å². The Bertz CT molecular complexity index is 992. The fourth-order valence-corrected chi connectivity index (χ4v) is 3.65. The lowest BCUT2D eigenvalue weighted by Gasteiger charge is -2.27. The minimum absolute atomic E-state index is 0.308. The summed E-state index contributed by atoms with van der Waals surface area (Å²) in [4.78, 5) is 12.4. The van der Waals surface area contributed by atoms with Gasteiger partial charge in [-0.2, -0.15) is 0 Å². The third-order valence-corrected chi connectivity index (χ3v) is 4.86. The number of carbonyl (C=O) groups is 1. The summed E-state index contributed by atoms with van der Waals surface area (Å²) in [6.07, 6.45) is 0. The second-order valence-corrected chi connectivity index (χ2v) is 6.17. The number of ether oxygens (including phenoxy) is 3. The van der Waals surface area contributed by atoms with Crippen molar-refractivity contribution in [3.05, 3.63) is 71.3 Å². The number of rotatable bonds is 3. The number of cyclic esters (lactones) is 1. The highest BCUT2D eigenvalue weighted by atomic mass is 16.6. The highest BCUT2D eigenvalue weighted by molar-refractivity contribution is 5.99. The first-order valence-corrected chi connectivity index (χ1v) is 8.07. The van der Waals surface area contributed by atoms with Crippen LogP contribution < -0.4 is 9.47 Å². The maximum Gasteiger partial charge on any atom is 0.339 e. The number of hydrogen-bond acceptors (Lipinski definition) is 4. The maximum absolute atomic E-state index is 12.4. The minimum Gasteiger partial charge on any atom is -0.493 e. The van der Waals surface area contributed by atoms with Crippen LogP contribution in [0.4, 0.5) is 0 Å². The van der Waals surface area contributed by atoms with Gasteiger partial charge in [0.15, 0.2) is 17.1 Å². The summed E-state index contributed by atoms with van der Waals surface area (Å²) < 4.78 is 16.9. The fourth-order valence-electron chi connectivity index (χ4n) is 3.65. The molecule has 0 aliphatic carbocycles. The van der Waals surface area contributed by atoms with Crippen molar-refractivity contribution < 1.29 is 19.0 Å². The van der Waals surface area contributed by atoms with Gasteiger partial charge in [-0.1, -0.05) is 42.5 Å². The molecule has 0 spiro atoms. The predicted molar refractivity (Wildman–Crippen MR) is 95.4 cm³/mol. The van der Waals surface area contributed by atoms with E-state index in [2.05, 4.69) is 0 Å². The number of benzene rings is 3. The largest absolute Gasteiger partial charge is 0.493 e. The summed E-state index contributed by atoms with van der Waals surface area (Å²) in [6.45, 7) is 1.92. The molecule has 0 radical (unpaired) electrons. The zero-order valence-electron chi connectivity index (χ0n) is 14.3. The van der Waals surface area contributed by atoms with Crippen LogP contribution in [0.25, 0.3) is 10.8 Å². The minimum atomic E-state index is -0.882. The zero-order valence-corrected chi connectivity index (χ0v) is 14.3. The molecule has 126 valence electrons. The number of esters is 1. The van der Waals surface area contributed by atoms with E-state index in [0.29, 0.717) is 17.1 Å². The molecule has 0 saturated carbocycles. The Hall–Kier alpha value is -3.01. The molecule has 1 heterocycles. The van der Waals surface area contributed by atoms with Crippen LogP contribution in [0.2, 0.25) is 0 Å². The normalized spacial score (nSPS) is 18.8. The Labute approximate surface area is 145 Å². The Morgan fingerprint density at radius 3 is 2.28 bits per heavy atom. The molecule has 0 N–H and O–H groups in total. The van der Waals surface area contributed by atoms with Gasteiger partial charge in [-0.3, -0.25) is 0 Å². The average molecular weight is 334 g/mol. The van der Waals surface area contributed by atoms with Crippen LogP contribution in [-0.4, -0.2) is 20.2 Å². The standard InChI is InChI=1S/C21H18O4/c1-21(16-11-7-6-10-15(16)20(22)25-21)17-12-18(23-2)19(24-3)14-9-5-4-8-13(14)17/h4-12H,1-3H3. The van der Waals surface area contributed by atoms with Crippen LogP contribution in [-0.2, 0) is 10.3 Å². The Kier molecular flexibility index (Phi) is 3.42. The number of methoxy groups -OCH3 is 2. The summed E-state index contributed by atoms with van der Waals surface area (Å²) in [5.41, 5.74) is 1.45. The third-order valence-electron chi connectivity index (χ3n) is 4.86. The average Bonchev–Trinajstić information content (AvgIpc) is 2.92. The van der Waals surface area contributed by atoms with Gasteiger partial charge in [0.2, 0.25) is 0 Å². The smallest absolute Gasteiger partial charge is 0.339 e. The van der Waals surface area contributed by atoms with Gasteiger partial charge in [0, 0.05) is 16.5 Å². The van der Waals surface area contributed by atoms with E-state index in [1.807, 2.05) is 55.5 Å². The first-order chi connectivity index (χ1) is 12.1. The Morgan fingerprint density at radius 2 is 1.56 bits per heavy atom. The SMILES string of the molecule is COc1cc(C2(C)OC(=O)c3ccccc32)c2ccccc2c1OC. The molecule has 4 nitrogen and oxygen atoms in total. The molecule has 1 unspecified atom stereocenters. The highest BCUT2D eigenvalue weighted by Crippen LogP contribution is 2.48. The van der Waals surface area contributed by atoms with Crippen LogP contribution in [0, 0.1) is 0 Å². The molecular formula is C21H18O4. The maximum atomic E-state index is 12.4. The number of carbonyl (C=O) groups excluding carboxylic acids is 1. The molecule has 0 fully saturated rings. The summed E-state index contributed by atoms with van der Waals surface area (Å²) >= 11 is 0. The van der Waals surface area contributed by atoms with E-state index < -0.39 is 5.60 Å². The first-order valence-electron chi connectivity index (χ1n) is 8.07. The van der Waals surface area contributed by atoms with E-state index in [0.717, 1.165) is 21.9 Å². The van der Waals surface area contributed by atoms with Gasteiger partial charge in [0.25, 0.3) is 0 Å². The summed E-state index contributed by atoms with van der Waals surface area (Å²) in [6, 6.07) is 17.3. The number of hydrogen-bond donors (Lipinski definition) is 0.